The lowest BCUT2D eigenvalue weighted by Gasteiger charge is -2.28. The summed E-state index contributed by atoms with van der Waals surface area (Å²) in [5.41, 5.74) is 0.948. The van der Waals surface area contributed by atoms with Crippen molar-refractivity contribution < 1.29 is 33.8 Å². The third-order valence-corrected chi connectivity index (χ3v) is 7.76. The minimum Gasteiger partial charge on any atom is -0.495 e. The third-order valence-electron chi connectivity index (χ3n) is 7.52. The molecule has 0 saturated carbocycles. The van der Waals surface area contributed by atoms with Crippen LogP contribution in [0.1, 0.15) is 49.2 Å². The molecule has 48 heavy (non-hydrogen) atoms. The number of benzene rings is 2. The van der Waals surface area contributed by atoms with Gasteiger partial charge in [0.15, 0.2) is 6.04 Å². The van der Waals surface area contributed by atoms with Crippen LogP contribution in [0.3, 0.4) is 0 Å². The lowest BCUT2D eigenvalue weighted by molar-refractivity contribution is -0.144. The Kier molecular flexibility index (Phi) is 12.9. The molecule has 1 heterocycles. The molecular formula is C34H38ClN5O8. The fourth-order valence-electron chi connectivity index (χ4n) is 5.21. The van der Waals surface area contributed by atoms with Gasteiger partial charge in [0.1, 0.15) is 18.4 Å². The number of pyridine rings is 1. The van der Waals surface area contributed by atoms with Crippen molar-refractivity contribution in [3.8, 4) is 22.9 Å². The minimum atomic E-state index is -1.46. The summed E-state index contributed by atoms with van der Waals surface area (Å²) in [6, 6.07) is 10.7. The van der Waals surface area contributed by atoms with Gasteiger partial charge in [0.05, 0.1) is 36.5 Å². The van der Waals surface area contributed by atoms with Crippen LogP contribution in [0, 0.1) is 17.2 Å². The van der Waals surface area contributed by atoms with Crippen LogP contribution in [-0.4, -0.2) is 78.2 Å². The molecule has 0 radical (unpaired) electrons. The Morgan fingerprint density at radius 2 is 1.71 bits per heavy atom. The number of aliphatic carboxylic acids is 1. The molecule has 3 rings (SSSR count). The molecule has 2 aromatic carbocycles. The van der Waals surface area contributed by atoms with Crippen LogP contribution in [0.25, 0.3) is 11.1 Å². The average Bonchev–Trinajstić information content (AvgIpc) is 3.03. The van der Waals surface area contributed by atoms with Crippen LogP contribution in [0.5, 0.6) is 5.75 Å². The number of aromatic nitrogens is 1. The second-order valence-corrected chi connectivity index (χ2v) is 11.9. The second kappa shape index (κ2) is 16.6. The summed E-state index contributed by atoms with van der Waals surface area (Å²) in [6.45, 7) is 4.80. The molecule has 3 N–H and O–H groups in total. The van der Waals surface area contributed by atoms with Gasteiger partial charge in [-0.3, -0.25) is 23.9 Å². The molecule has 0 saturated heterocycles. The quantitative estimate of drug-likeness (QED) is 0.211. The predicted octanol–water partition coefficient (Wildman–Crippen LogP) is 3.95. The number of anilines is 1. The van der Waals surface area contributed by atoms with Crippen LogP contribution in [0.15, 0.2) is 59.5 Å². The summed E-state index contributed by atoms with van der Waals surface area (Å²) in [4.78, 5) is 65.3. The molecule has 0 bridgehead atoms. The van der Waals surface area contributed by atoms with Crippen LogP contribution in [-0.2, 0) is 19.1 Å². The molecule has 0 fully saturated rings. The molecule has 2 amide bonds. The number of nitriles is 1. The molecule has 3 aromatic rings. The van der Waals surface area contributed by atoms with E-state index in [0.717, 1.165) is 0 Å². The Morgan fingerprint density at radius 3 is 2.25 bits per heavy atom. The van der Waals surface area contributed by atoms with Crippen LogP contribution in [0.2, 0.25) is 5.02 Å². The third kappa shape index (κ3) is 8.99. The zero-order chi connectivity index (χ0) is 35.7. The van der Waals surface area contributed by atoms with Gasteiger partial charge >= 0.3 is 11.9 Å². The van der Waals surface area contributed by atoms with E-state index < -0.39 is 54.0 Å². The maximum absolute atomic E-state index is 13.3. The van der Waals surface area contributed by atoms with E-state index in [-0.39, 0.29) is 23.7 Å². The number of likely N-dealkylation sites (N-methyl/N-ethyl adjacent to an activating group) is 1. The average molecular weight is 680 g/mol. The predicted molar refractivity (Wildman–Crippen MR) is 179 cm³/mol. The first kappa shape index (κ1) is 37.3. The summed E-state index contributed by atoms with van der Waals surface area (Å²) in [5.74, 6) is -3.04. The summed E-state index contributed by atoms with van der Waals surface area (Å²) in [7, 11) is 4.82. The van der Waals surface area contributed by atoms with Gasteiger partial charge < -0.3 is 25.2 Å². The number of carboxylic acids is 1. The van der Waals surface area contributed by atoms with Gasteiger partial charge in [-0.05, 0) is 68.9 Å². The highest BCUT2D eigenvalue weighted by molar-refractivity contribution is 6.31. The number of amides is 2. The summed E-state index contributed by atoms with van der Waals surface area (Å²) < 4.78 is 11.9. The van der Waals surface area contributed by atoms with Gasteiger partial charge in [-0.25, -0.2) is 9.59 Å². The second-order valence-electron chi connectivity index (χ2n) is 11.4. The topological polar surface area (TPSA) is 180 Å². The molecule has 14 heteroatoms. The molecule has 3 atom stereocenters. The molecule has 0 aliphatic heterocycles. The summed E-state index contributed by atoms with van der Waals surface area (Å²) in [6.07, 6.45) is 1.65. The van der Waals surface area contributed by atoms with E-state index >= 15 is 0 Å². The molecule has 3 unspecified atom stereocenters. The van der Waals surface area contributed by atoms with Crippen molar-refractivity contribution in [2.24, 2.45) is 5.92 Å². The minimum absolute atomic E-state index is 0.0816. The highest BCUT2D eigenvalue weighted by Gasteiger charge is 2.30. The van der Waals surface area contributed by atoms with E-state index in [1.807, 2.05) is 13.8 Å². The van der Waals surface area contributed by atoms with Crippen molar-refractivity contribution in [1.29, 1.82) is 5.26 Å². The van der Waals surface area contributed by atoms with Crippen molar-refractivity contribution in [2.75, 3.05) is 33.1 Å². The van der Waals surface area contributed by atoms with E-state index in [1.54, 1.807) is 38.1 Å². The zero-order valence-corrected chi connectivity index (χ0v) is 28.2. The van der Waals surface area contributed by atoms with Gasteiger partial charge in [0.2, 0.25) is 11.8 Å². The van der Waals surface area contributed by atoms with Crippen LogP contribution >= 0.6 is 11.6 Å². The van der Waals surface area contributed by atoms with Crippen molar-refractivity contribution in [3.63, 3.8) is 0 Å². The van der Waals surface area contributed by atoms with Gasteiger partial charge in [0.25, 0.3) is 5.56 Å². The van der Waals surface area contributed by atoms with Crippen molar-refractivity contribution in [1.82, 2.24) is 14.8 Å². The lowest BCUT2D eigenvalue weighted by atomic mass is 10.00. The molecule has 1 aromatic heterocycles. The normalized spacial score (nSPS) is 12.8. The first-order valence-corrected chi connectivity index (χ1v) is 15.4. The first-order valence-electron chi connectivity index (χ1n) is 15.0. The number of nitrogens with zero attached hydrogens (tertiary/aromatic N) is 3. The van der Waals surface area contributed by atoms with E-state index in [2.05, 4.69) is 16.7 Å². The first-order chi connectivity index (χ1) is 22.7. The Balaban J connectivity index is 1.72. The Labute approximate surface area is 283 Å². The van der Waals surface area contributed by atoms with E-state index in [4.69, 9.17) is 21.1 Å². The van der Waals surface area contributed by atoms with E-state index in [0.29, 0.717) is 27.4 Å². The summed E-state index contributed by atoms with van der Waals surface area (Å²) >= 11 is 6.14. The van der Waals surface area contributed by atoms with Gasteiger partial charge in [0, 0.05) is 27.9 Å². The molecule has 13 nitrogen and oxygen atoms in total. The SMILES string of the molecule is CCC(C(=O)Nc1ccc(C(=O)OCC(NC(=O)C(C(C)C)N(C)C)C(=O)O)cc1)n1cc(OC)c(-c2cc(Cl)ccc2C#N)cc1=O. The van der Waals surface area contributed by atoms with Crippen LogP contribution in [0.4, 0.5) is 5.69 Å². The van der Waals surface area contributed by atoms with E-state index in [1.165, 1.54) is 54.3 Å². The number of halogens is 1. The van der Waals surface area contributed by atoms with E-state index in [9.17, 15) is 34.3 Å². The zero-order valence-electron chi connectivity index (χ0n) is 27.4. The maximum atomic E-state index is 13.3. The molecule has 0 aliphatic rings. The van der Waals surface area contributed by atoms with Gasteiger partial charge in [-0.15, -0.1) is 0 Å². The largest absolute Gasteiger partial charge is 0.495 e. The van der Waals surface area contributed by atoms with Gasteiger partial charge in [-0.2, -0.15) is 5.26 Å². The number of esters is 1. The van der Waals surface area contributed by atoms with Crippen molar-refractivity contribution in [2.45, 2.75) is 45.3 Å². The number of methoxy groups -OCH3 is 1. The lowest BCUT2D eigenvalue weighted by Crippen LogP contribution is -2.53. The van der Waals surface area contributed by atoms with Crippen LogP contribution < -0.4 is 20.9 Å². The summed E-state index contributed by atoms with van der Waals surface area (Å²) in [5, 5.41) is 24.6. The number of carbonyl (C=O) groups excluding carboxylic acids is 3. The number of carbonyl (C=O) groups is 4. The van der Waals surface area contributed by atoms with Crippen molar-refractivity contribution in [3.05, 3.63) is 81.2 Å². The Morgan fingerprint density at radius 1 is 1.04 bits per heavy atom. The monoisotopic (exact) mass is 679 g/mol. The molecule has 0 aliphatic carbocycles. The Hall–Kier alpha value is -5.19. The maximum Gasteiger partial charge on any atom is 0.338 e. The number of hydrogen-bond donors (Lipinski definition) is 3. The number of rotatable bonds is 14. The Bertz CT molecular complexity index is 1760. The molecule has 0 spiro atoms. The molecular weight excluding hydrogens is 642 g/mol. The molecule has 254 valence electrons. The smallest absolute Gasteiger partial charge is 0.338 e. The van der Waals surface area contributed by atoms with Gasteiger partial charge in [-0.1, -0.05) is 32.4 Å². The number of ether oxygens (including phenoxy) is 2. The standard InChI is InChI=1S/C34H38ClN5O8/c1-7-27(40-17-28(47-6)25(15-29(40)41)24-14-22(35)11-8-21(24)16-36)31(42)37-23-12-9-20(10-13-23)34(46)48-18-26(33(44)45)38-32(43)30(19(2)3)39(4)5/h8-15,17,19,26-27,30H,7,18H2,1-6H3,(H,37,42)(H,38,43)(H,44,45). The number of carboxylic acid groups (broad SMARTS) is 1. The highest BCUT2D eigenvalue weighted by Crippen LogP contribution is 2.33. The number of nitrogens with one attached hydrogen (secondary N) is 2. The fourth-order valence-corrected chi connectivity index (χ4v) is 5.39. The highest BCUT2D eigenvalue weighted by atomic mass is 35.5. The number of hydrogen-bond acceptors (Lipinski definition) is 9. The fraction of sp³-hybridized carbons (Fsp3) is 0.353. The van der Waals surface area contributed by atoms with Crippen molar-refractivity contribution >= 4 is 41.0 Å².